The van der Waals surface area contributed by atoms with Crippen molar-refractivity contribution in [3.05, 3.63) is 77.1 Å². The van der Waals surface area contributed by atoms with Gasteiger partial charge in [0.05, 0.1) is 24.3 Å². The van der Waals surface area contributed by atoms with E-state index in [1.165, 1.54) is 5.56 Å². The zero-order valence-corrected chi connectivity index (χ0v) is 16.0. The molecule has 0 atom stereocenters. The van der Waals surface area contributed by atoms with Crippen molar-refractivity contribution in [2.45, 2.75) is 27.2 Å². The fourth-order valence-electron chi connectivity index (χ4n) is 2.97. The Morgan fingerprint density at radius 3 is 2.44 bits per heavy atom. The molecule has 0 aliphatic heterocycles. The predicted molar refractivity (Wildman–Crippen MR) is 106 cm³/mol. The maximum atomic E-state index is 12.3. The average Bonchev–Trinajstić information content (AvgIpc) is 2.95. The molecular weight excluding hydrogens is 338 g/mol. The number of para-hydroxylation sites is 1. The predicted octanol–water partition coefficient (Wildman–Crippen LogP) is 3.54. The zero-order valence-electron chi connectivity index (χ0n) is 16.0. The molecule has 3 rings (SSSR count). The van der Waals surface area contributed by atoms with Gasteiger partial charge in [-0.05, 0) is 45.0 Å². The highest BCUT2D eigenvalue weighted by atomic mass is 16.5. The van der Waals surface area contributed by atoms with Crippen molar-refractivity contribution in [3.8, 4) is 11.4 Å². The number of carbonyl (C=O) groups is 1. The molecular formula is C22H25N3O2. The lowest BCUT2D eigenvalue weighted by Gasteiger charge is -2.09. The number of carbonyl (C=O) groups excluding carboxylic acids is 1. The Kier molecular flexibility index (Phi) is 5.91. The Labute approximate surface area is 160 Å². The van der Waals surface area contributed by atoms with Crippen LogP contribution in [0.3, 0.4) is 0 Å². The molecule has 0 aliphatic carbocycles. The number of nitrogens with zero attached hydrogens (tertiary/aromatic N) is 2. The number of hydrogen-bond acceptors (Lipinski definition) is 3. The molecule has 0 unspecified atom stereocenters. The summed E-state index contributed by atoms with van der Waals surface area (Å²) < 4.78 is 7.53. The number of aromatic nitrogens is 2. The summed E-state index contributed by atoms with van der Waals surface area (Å²) in [6.07, 6.45) is 0.315. The fraction of sp³-hybridized carbons (Fsp3) is 0.273. The molecule has 5 nitrogen and oxygen atoms in total. The molecule has 0 saturated carbocycles. The van der Waals surface area contributed by atoms with E-state index in [0.717, 1.165) is 28.4 Å². The summed E-state index contributed by atoms with van der Waals surface area (Å²) in [5.74, 6) is 0.784. The standard InChI is InChI=1S/C22H25N3O2/c1-16-9-11-20(12-10-16)27-14-13-23-22(26)15-21-17(2)24-25(18(21)3)19-7-5-4-6-8-19/h4-12H,13-15H2,1-3H3,(H,23,26). The molecule has 3 aromatic rings. The Morgan fingerprint density at radius 1 is 1.04 bits per heavy atom. The highest BCUT2D eigenvalue weighted by Crippen LogP contribution is 2.18. The van der Waals surface area contributed by atoms with Gasteiger partial charge in [-0.2, -0.15) is 5.10 Å². The minimum absolute atomic E-state index is 0.0266. The van der Waals surface area contributed by atoms with E-state index < -0.39 is 0 Å². The smallest absolute Gasteiger partial charge is 0.224 e. The molecule has 0 aliphatic rings. The highest BCUT2D eigenvalue weighted by Gasteiger charge is 2.15. The zero-order chi connectivity index (χ0) is 19.2. The first-order chi connectivity index (χ1) is 13.0. The van der Waals surface area contributed by atoms with Crippen LogP contribution >= 0.6 is 0 Å². The van der Waals surface area contributed by atoms with Gasteiger partial charge in [0.2, 0.25) is 5.91 Å². The fourth-order valence-corrected chi connectivity index (χ4v) is 2.97. The first-order valence-corrected chi connectivity index (χ1v) is 9.11. The number of amides is 1. The van der Waals surface area contributed by atoms with Gasteiger partial charge in [-0.25, -0.2) is 4.68 Å². The third kappa shape index (κ3) is 4.76. The van der Waals surface area contributed by atoms with E-state index in [1.54, 1.807) is 0 Å². The second-order valence-electron chi connectivity index (χ2n) is 6.58. The van der Waals surface area contributed by atoms with Gasteiger partial charge < -0.3 is 10.1 Å². The molecule has 0 spiro atoms. The Balaban J connectivity index is 1.53. The number of hydrogen-bond donors (Lipinski definition) is 1. The van der Waals surface area contributed by atoms with Crippen LogP contribution in [0, 0.1) is 20.8 Å². The molecule has 1 aromatic heterocycles. The van der Waals surface area contributed by atoms with Gasteiger partial charge in [-0.3, -0.25) is 4.79 Å². The molecule has 1 heterocycles. The van der Waals surface area contributed by atoms with E-state index in [9.17, 15) is 4.79 Å². The van der Waals surface area contributed by atoms with E-state index >= 15 is 0 Å². The summed E-state index contributed by atoms with van der Waals surface area (Å²) in [6, 6.07) is 17.8. The van der Waals surface area contributed by atoms with Gasteiger partial charge in [0.1, 0.15) is 12.4 Å². The monoisotopic (exact) mass is 363 g/mol. The number of ether oxygens (including phenoxy) is 1. The van der Waals surface area contributed by atoms with Crippen molar-refractivity contribution < 1.29 is 9.53 Å². The van der Waals surface area contributed by atoms with Gasteiger partial charge in [0.15, 0.2) is 0 Å². The Morgan fingerprint density at radius 2 is 1.74 bits per heavy atom. The van der Waals surface area contributed by atoms with Crippen LogP contribution in [-0.4, -0.2) is 28.8 Å². The second-order valence-corrected chi connectivity index (χ2v) is 6.58. The molecule has 1 amide bonds. The molecule has 0 fully saturated rings. The number of aryl methyl sites for hydroxylation is 2. The van der Waals surface area contributed by atoms with Gasteiger partial charge >= 0.3 is 0 Å². The van der Waals surface area contributed by atoms with Crippen molar-refractivity contribution in [2.24, 2.45) is 0 Å². The third-order valence-electron chi connectivity index (χ3n) is 4.49. The lowest BCUT2D eigenvalue weighted by atomic mass is 10.1. The Hall–Kier alpha value is -3.08. The molecule has 0 saturated heterocycles. The van der Waals surface area contributed by atoms with Crippen LogP contribution in [0.15, 0.2) is 54.6 Å². The summed E-state index contributed by atoms with van der Waals surface area (Å²) in [6.45, 7) is 6.88. The minimum Gasteiger partial charge on any atom is -0.492 e. The number of benzene rings is 2. The van der Waals surface area contributed by atoms with Crippen LogP contribution in [-0.2, 0) is 11.2 Å². The average molecular weight is 363 g/mol. The van der Waals surface area contributed by atoms with E-state index in [4.69, 9.17) is 4.74 Å². The van der Waals surface area contributed by atoms with Crippen LogP contribution in [0.1, 0.15) is 22.5 Å². The lowest BCUT2D eigenvalue weighted by Crippen LogP contribution is -2.29. The van der Waals surface area contributed by atoms with Crippen molar-refractivity contribution in [1.29, 1.82) is 0 Å². The normalized spacial score (nSPS) is 10.6. The molecule has 140 valence electrons. The SMILES string of the molecule is Cc1ccc(OCCNC(=O)Cc2c(C)nn(-c3ccccc3)c2C)cc1. The quantitative estimate of drug-likeness (QED) is 0.653. The van der Waals surface area contributed by atoms with E-state index in [0.29, 0.717) is 19.6 Å². The summed E-state index contributed by atoms with van der Waals surface area (Å²) in [5.41, 5.74) is 5.02. The van der Waals surface area contributed by atoms with Crippen molar-refractivity contribution in [1.82, 2.24) is 15.1 Å². The van der Waals surface area contributed by atoms with Crippen LogP contribution in [0.25, 0.3) is 5.69 Å². The van der Waals surface area contributed by atoms with Crippen LogP contribution in [0.4, 0.5) is 0 Å². The van der Waals surface area contributed by atoms with E-state index in [2.05, 4.69) is 10.4 Å². The van der Waals surface area contributed by atoms with Crippen LogP contribution < -0.4 is 10.1 Å². The highest BCUT2D eigenvalue weighted by molar-refractivity contribution is 5.79. The molecule has 2 aromatic carbocycles. The Bertz CT molecular complexity index is 899. The summed E-state index contributed by atoms with van der Waals surface area (Å²) in [5, 5.41) is 7.50. The minimum atomic E-state index is -0.0266. The lowest BCUT2D eigenvalue weighted by molar-refractivity contribution is -0.120. The van der Waals surface area contributed by atoms with Crippen molar-refractivity contribution >= 4 is 5.91 Å². The molecule has 0 radical (unpaired) electrons. The van der Waals surface area contributed by atoms with Crippen molar-refractivity contribution in [3.63, 3.8) is 0 Å². The maximum Gasteiger partial charge on any atom is 0.224 e. The van der Waals surface area contributed by atoms with E-state index in [1.807, 2.05) is 80.1 Å². The molecule has 1 N–H and O–H groups in total. The topological polar surface area (TPSA) is 56.1 Å². The van der Waals surface area contributed by atoms with Crippen LogP contribution in [0.2, 0.25) is 0 Å². The molecule has 5 heteroatoms. The number of rotatable bonds is 7. The van der Waals surface area contributed by atoms with Gasteiger partial charge in [0.25, 0.3) is 0 Å². The largest absolute Gasteiger partial charge is 0.492 e. The van der Waals surface area contributed by atoms with Gasteiger partial charge in [0, 0.05) is 11.3 Å². The maximum absolute atomic E-state index is 12.3. The van der Waals surface area contributed by atoms with Gasteiger partial charge in [-0.15, -0.1) is 0 Å². The summed E-state index contributed by atoms with van der Waals surface area (Å²) in [7, 11) is 0. The first-order valence-electron chi connectivity index (χ1n) is 9.11. The molecule has 0 bridgehead atoms. The summed E-state index contributed by atoms with van der Waals surface area (Å²) in [4.78, 5) is 12.3. The van der Waals surface area contributed by atoms with E-state index in [-0.39, 0.29) is 5.91 Å². The van der Waals surface area contributed by atoms with Gasteiger partial charge in [-0.1, -0.05) is 35.9 Å². The van der Waals surface area contributed by atoms with Crippen LogP contribution in [0.5, 0.6) is 5.75 Å². The van der Waals surface area contributed by atoms with Crippen molar-refractivity contribution in [2.75, 3.05) is 13.2 Å². The molecule has 27 heavy (non-hydrogen) atoms. The third-order valence-corrected chi connectivity index (χ3v) is 4.49. The summed E-state index contributed by atoms with van der Waals surface area (Å²) >= 11 is 0. The second kappa shape index (κ2) is 8.54. The first kappa shape index (κ1) is 18.7. The number of nitrogens with one attached hydrogen (secondary N) is 1.